The van der Waals surface area contributed by atoms with Gasteiger partial charge in [-0.15, -0.1) is 0 Å². The molecule has 0 bridgehead atoms. The van der Waals surface area contributed by atoms with Crippen molar-refractivity contribution in [3.05, 3.63) is 0 Å². The number of methoxy groups -OCH3 is 1. The monoisotopic (exact) mass is 190 g/mol. The van der Waals surface area contributed by atoms with Crippen LogP contribution in [0.1, 0.15) is 13.3 Å². The van der Waals surface area contributed by atoms with E-state index in [2.05, 4.69) is 5.32 Å². The quantitative estimate of drug-likeness (QED) is 0.467. The molecule has 0 unspecified atom stereocenters. The Morgan fingerprint density at radius 1 is 1.69 bits per heavy atom. The molecule has 0 amide bonds. The normalized spacial score (nSPS) is 15.3. The average molecular weight is 190 g/mol. The zero-order valence-electron chi connectivity index (χ0n) is 8.12. The van der Waals surface area contributed by atoms with Crippen LogP contribution in [0.25, 0.3) is 0 Å². The van der Waals surface area contributed by atoms with Crippen molar-refractivity contribution in [2.75, 3.05) is 20.2 Å². The van der Waals surface area contributed by atoms with Gasteiger partial charge in [0.2, 0.25) is 0 Å². The molecule has 0 aromatic carbocycles. The summed E-state index contributed by atoms with van der Waals surface area (Å²) in [6, 6.07) is -0.773. The Kier molecular flexibility index (Phi) is 6.48. The second-order valence-electron chi connectivity index (χ2n) is 2.98. The number of ether oxygens (including phenoxy) is 1. The van der Waals surface area contributed by atoms with E-state index in [0.29, 0.717) is 19.5 Å². The molecule has 0 saturated heterocycles. The van der Waals surface area contributed by atoms with E-state index in [4.69, 9.17) is 15.6 Å². The van der Waals surface area contributed by atoms with Gasteiger partial charge in [-0.25, -0.2) is 0 Å². The number of hydrogen-bond acceptors (Lipinski definition) is 4. The molecule has 0 rings (SSSR count). The van der Waals surface area contributed by atoms with Gasteiger partial charge in [0.25, 0.3) is 0 Å². The molecule has 13 heavy (non-hydrogen) atoms. The number of hydrogen-bond donors (Lipinski definition) is 3. The first-order valence-corrected chi connectivity index (χ1v) is 4.29. The maximum Gasteiger partial charge on any atom is 0.320 e. The molecule has 5 heteroatoms. The van der Waals surface area contributed by atoms with Crippen LogP contribution in [0.15, 0.2) is 0 Å². The van der Waals surface area contributed by atoms with E-state index in [1.165, 1.54) is 0 Å². The second-order valence-corrected chi connectivity index (χ2v) is 2.98. The molecule has 78 valence electrons. The van der Waals surface area contributed by atoms with Crippen LogP contribution in [0.3, 0.4) is 0 Å². The van der Waals surface area contributed by atoms with Crippen molar-refractivity contribution in [2.45, 2.75) is 25.5 Å². The molecule has 4 N–H and O–H groups in total. The van der Waals surface area contributed by atoms with Crippen LogP contribution in [0.5, 0.6) is 0 Å². The summed E-state index contributed by atoms with van der Waals surface area (Å²) in [4.78, 5) is 10.3. The smallest absolute Gasteiger partial charge is 0.320 e. The van der Waals surface area contributed by atoms with Gasteiger partial charge in [-0.2, -0.15) is 0 Å². The molecule has 2 atom stereocenters. The number of rotatable bonds is 7. The minimum absolute atomic E-state index is 0.140. The lowest BCUT2D eigenvalue weighted by Crippen LogP contribution is -2.35. The van der Waals surface area contributed by atoms with Crippen LogP contribution >= 0.6 is 0 Å². The summed E-state index contributed by atoms with van der Waals surface area (Å²) in [7, 11) is 1.63. The van der Waals surface area contributed by atoms with Crippen molar-refractivity contribution in [3.8, 4) is 0 Å². The minimum Gasteiger partial charge on any atom is -0.480 e. The molecular formula is C8H18N2O3. The number of aliphatic carboxylic acids is 1. The summed E-state index contributed by atoms with van der Waals surface area (Å²) in [5.41, 5.74) is 5.30. The van der Waals surface area contributed by atoms with Gasteiger partial charge in [-0.3, -0.25) is 4.79 Å². The highest BCUT2D eigenvalue weighted by Gasteiger charge is 2.10. The molecular weight excluding hydrogens is 172 g/mol. The molecule has 0 aliphatic carbocycles. The third-order valence-electron chi connectivity index (χ3n) is 1.78. The van der Waals surface area contributed by atoms with Gasteiger partial charge in [0.15, 0.2) is 0 Å². The van der Waals surface area contributed by atoms with Crippen molar-refractivity contribution < 1.29 is 14.6 Å². The van der Waals surface area contributed by atoms with Crippen molar-refractivity contribution in [2.24, 2.45) is 5.73 Å². The largest absolute Gasteiger partial charge is 0.480 e. The molecule has 0 spiro atoms. The number of carboxylic acids is 1. The molecule has 0 fully saturated rings. The summed E-state index contributed by atoms with van der Waals surface area (Å²) in [6.07, 6.45) is 0.576. The third kappa shape index (κ3) is 6.51. The van der Waals surface area contributed by atoms with Gasteiger partial charge in [-0.1, -0.05) is 0 Å². The first kappa shape index (κ1) is 12.3. The average Bonchev–Trinajstić information content (AvgIpc) is 2.11. The third-order valence-corrected chi connectivity index (χ3v) is 1.78. The maximum atomic E-state index is 10.3. The Labute approximate surface area is 78.3 Å². The van der Waals surface area contributed by atoms with Crippen molar-refractivity contribution in [1.29, 1.82) is 0 Å². The number of nitrogens with two attached hydrogens (primary N) is 1. The summed E-state index contributed by atoms with van der Waals surface area (Å²) in [6.45, 7) is 3.24. The Balaban J connectivity index is 3.30. The Morgan fingerprint density at radius 2 is 2.31 bits per heavy atom. The lowest BCUT2D eigenvalue weighted by atomic mass is 10.2. The summed E-state index contributed by atoms with van der Waals surface area (Å²) < 4.78 is 4.99. The SMILES string of the molecule is CO[C@H](C)CNCC[C@H](N)C(=O)O. The Morgan fingerprint density at radius 3 is 2.77 bits per heavy atom. The highest BCUT2D eigenvalue weighted by atomic mass is 16.5. The molecule has 0 aromatic heterocycles. The molecule has 0 heterocycles. The van der Waals surface area contributed by atoms with E-state index < -0.39 is 12.0 Å². The fraction of sp³-hybridized carbons (Fsp3) is 0.875. The number of carbonyl (C=O) groups is 1. The van der Waals surface area contributed by atoms with E-state index >= 15 is 0 Å². The van der Waals surface area contributed by atoms with Crippen molar-refractivity contribution >= 4 is 5.97 Å². The fourth-order valence-corrected chi connectivity index (χ4v) is 0.770. The van der Waals surface area contributed by atoms with E-state index in [9.17, 15) is 4.79 Å². The second kappa shape index (κ2) is 6.82. The zero-order chi connectivity index (χ0) is 10.3. The van der Waals surface area contributed by atoms with E-state index in [0.717, 1.165) is 0 Å². The van der Waals surface area contributed by atoms with E-state index in [-0.39, 0.29) is 6.10 Å². The predicted molar refractivity (Wildman–Crippen MR) is 49.6 cm³/mol. The molecule has 0 aliphatic heterocycles. The Hall–Kier alpha value is -0.650. The first-order chi connectivity index (χ1) is 6.07. The van der Waals surface area contributed by atoms with Crippen molar-refractivity contribution in [3.63, 3.8) is 0 Å². The van der Waals surface area contributed by atoms with Gasteiger partial charge in [0, 0.05) is 13.7 Å². The highest BCUT2D eigenvalue weighted by molar-refractivity contribution is 5.72. The fourth-order valence-electron chi connectivity index (χ4n) is 0.770. The molecule has 0 radical (unpaired) electrons. The lowest BCUT2D eigenvalue weighted by Gasteiger charge is -2.11. The summed E-state index contributed by atoms with van der Waals surface area (Å²) in [5.74, 6) is -0.957. The minimum atomic E-state index is -0.957. The molecule has 0 aliphatic rings. The summed E-state index contributed by atoms with van der Waals surface area (Å²) in [5, 5.41) is 11.5. The van der Waals surface area contributed by atoms with Gasteiger partial charge in [0.05, 0.1) is 6.10 Å². The van der Waals surface area contributed by atoms with Gasteiger partial charge in [0.1, 0.15) is 6.04 Å². The topological polar surface area (TPSA) is 84.6 Å². The van der Waals surface area contributed by atoms with Crippen LogP contribution in [-0.4, -0.2) is 43.4 Å². The molecule has 0 aromatic rings. The van der Waals surface area contributed by atoms with Gasteiger partial charge >= 0.3 is 5.97 Å². The van der Waals surface area contributed by atoms with Gasteiger partial charge < -0.3 is 20.9 Å². The summed E-state index contributed by atoms with van der Waals surface area (Å²) >= 11 is 0. The maximum absolute atomic E-state index is 10.3. The van der Waals surface area contributed by atoms with Gasteiger partial charge in [-0.05, 0) is 19.9 Å². The first-order valence-electron chi connectivity index (χ1n) is 4.29. The zero-order valence-corrected chi connectivity index (χ0v) is 8.12. The van der Waals surface area contributed by atoms with Crippen LogP contribution in [0, 0.1) is 0 Å². The standard InChI is InChI=1S/C8H18N2O3/c1-6(13-2)5-10-4-3-7(9)8(11)12/h6-7,10H,3-5,9H2,1-2H3,(H,11,12)/t6-,7+/m1/s1. The number of nitrogens with one attached hydrogen (secondary N) is 1. The highest BCUT2D eigenvalue weighted by Crippen LogP contribution is 1.87. The van der Waals surface area contributed by atoms with Crippen LogP contribution in [-0.2, 0) is 9.53 Å². The predicted octanol–water partition coefficient (Wildman–Crippen LogP) is -0.587. The van der Waals surface area contributed by atoms with Crippen LogP contribution in [0.4, 0.5) is 0 Å². The molecule has 0 saturated carbocycles. The lowest BCUT2D eigenvalue weighted by molar-refractivity contribution is -0.138. The van der Waals surface area contributed by atoms with E-state index in [1.807, 2.05) is 6.92 Å². The van der Waals surface area contributed by atoms with Crippen LogP contribution in [0.2, 0.25) is 0 Å². The van der Waals surface area contributed by atoms with E-state index in [1.54, 1.807) is 7.11 Å². The van der Waals surface area contributed by atoms with Crippen LogP contribution < -0.4 is 11.1 Å². The molecule has 5 nitrogen and oxygen atoms in total. The van der Waals surface area contributed by atoms with Crippen molar-refractivity contribution in [1.82, 2.24) is 5.32 Å². The number of carboxylic acid groups (broad SMARTS) is 1. The Bertz CT molecular complexity index is 152.